The van der Waals surface area contributed by atoms with E-state index in [0.717, 1.165) is 24.0 Å². The van der Waals surface area contributed by atoms with Gasteiger partial charge in [0, 0.05) is 6.54 Å². The zero-order valence-corrected chi connectivity index (χ0v) is 11.3. The van der Waals surface area contributed by atoms with Gasteiger partial charge in [0.2, 0.25) is 5.91 Å². The van der Waals surface area contributed by atoms with E-state index >= 15 is 0 Å². The van der Waals surface area contributed by atoms with Crippen molar-refractivity contribution in [1.29, 1.82) is 0 Å². The molecule has 1 aromatic rings. The molecular weight excluding hydrogens is 263 g/mol. The molecule has 0 saturated carbocycles. The van der Waals surface area contributed by atoms with Crippen molar-refractivity contribution in [2.24, 2.45) is 0 Å². The summed E-state index contributed by atoms with van der Waals surface area (Å²) < 4.78 is 14.1. The average molecular weight is 280 g/mol. The number of aryl methyl sites for hydroxylation is 2. The zero-order valence-electron chi connectivity index (χ0n) is 11.3. The smallest absolute Gasteiger partial charge is 0.322 e. The van der Waals surface area contributed by atoms with Gasteiger partial charge in [-0.25, -0.2) is 4.39 Å². The standard InChI is InChI=1S/C14H17FN2O3/c1-9-5-10-3-2-4-17(14(10)11(15)6-9)8-12(18)16-7-13(19)20/h5-6H,2-4,7-8H2,1H3,(H,16,18)(H,19,20). The molecule has 0 spiro atoms. The lowest BCUT2D eigenvalue weighted by Crippen LogP contribution is -2.41. The summed E-state index contributed by atoms with van der Waals surface area (Å²) in [7, 11) is 0. The number of carbonyl (C=O) groups excluding carboxylic acids is 1. The Morgan fingerprint density at radius 3 is 2.90 bits per heavy atom. The van der Waals surface area contributed by atoms with Crippen molar-refractivity contribution >= 4 is 17.6 Å². The Morgan fingerprint density at radius 1 is 1.45 bits per heavy atom. The first-order chi connectivity index (χ1) is 9.47. The third-order valence-corrected chi connectivity index (χ3v) is 3.25. The maximum absolute atomic E-state index is 14.1. The number of carbonyl (C=O) groups is 2. The van der Waals surface area contributed by atoms with Crippen LogP contribution in [0.4, 0.5) is 10.1 Å². The minimum absolute atomic E-state index is 0.0275. The first-order valence-electron chi connectivity index (χ1n) is 6.50. The van der Waals surface area contributed by atoms with E-state index in [0.29, 0.717) is 12.2 Å². The summed E-state index contributed by atoms with van der Waals surface area (Å²) in [6, 6.07) is 3.38. The van der Waals surface area contributed by atoms with Gasteiger partial charge in [-0.2, -0.15) is 0 Å². The summed E-state index contributed by atoms with van der Waals surface area (Å²) in [5.74, 6) is -1.84. The number of nitrogens with one attached hydrogen (secondary N) is 1. The fourth-order valence-corrected chi connectivity index (χ4v) is 2.48. The van der Waals surface area contributed by atoms with Gasteiger partial charge in [0.25, 0.3) is 0 Å². The molecule has 108 valence electrons. The number of amides is 1. The Hall–Kier alpha value is -2.11. The van der Waals surface area contributed by atoms with Crippen LogP contribution in [0.1, 0.15) is 17.5 Å². The number of aliphatic carboxylic acids is 1. The maximum Gasteiger partial charge on any atom is 0.322 e. The van der Waals surface area contributed by atoms with Gasteiger partial charge in [0.15, 0.2) is 0 Å². The number of anilines is 1. The second-order valence-corrected chi connectivity index (χ2v) is 4.95. The van der Waals surface area contributed by atoms with E-state index < -0.39 is 18.4 Å². The molecule has 0 bridgehead atoms. The average Bonchev–Trinajstić information content (AvgIpc) is 2.35. The van der Waals surface area contributed by atoms with Crippen LogP contribution in [-0.2, 0) is 16.0 Å². The summed E-state index contributed by atoms with van der Waals surface area (Å²) in [6.45, 7) is 1.98. The Labute approximate surface area is 116 Å². The number of carboxylic acids is 1. The van der Waals surface area contributed by atoms with Gasteiger partial charge in [-0.1, -0.05) is 6.07 Å². The monoisotopic (exact) mass is 280 g/mol. The van der Waals surface area contributed by atoms with Crippen molar-refractivity contribution in [3.05, 3.63) is 29.1 Å². The highest BCUT2D eigenvalue weighted by molar-refractivity contribution is 5.85. The Bertz CT molecular complexity index is 545. The summed E-state index contributed by atoms with van der Waals surface area (Å²) in [5.41, 5.74) is 2.23. The Morgan fingerprint density at radius 2 is 2.20 bits per heavy atom. The van der Waals surface area contributed by atoms with Gasteiger partial charge < -0.3 is 15.3 Å². The third kappa shape index (κ3) is 3.26. The highest BCUT2D eigenvalue weighted by Gasteiger charge is 2.23. The molecule has 0 fully saturated rings. The second kappa shape index (κ2) is 5.90. The number of benzene rings is 1. The van der Waals surface area contributed by atoms with E-state index in [4.69, 9.17) is 5.11 Å². The fraction of sp³-hybridized carbons (Fsp3) is 0.429. The van der Waals surface area contributed by atoms with Crippen molar-refractivity contribution in [2.75, 3.05) is 24.5 Å². The van der Waals surface area contributed by atoms with Gasteiger partial charge in [-0.3, -0.25) is 9.59 Å². The van der Waals surface area contributed by atoms with Gasteiger partial charge in [0.05, 0.1) is 12.2 Å². The second-order valence-electron chi connectivity index (χ2n) is 4.95. The maximum atomic E-state index is 14.1. The van der Waals surface area contributed by atoms with Crippen LogP contribution < -0.4 is 10.2 Å². The number of fused-ring (bicyclic) bond motifs is 1. The molecule has 0 radical (unpaired) electrons. The highest BCUT2D eigenvalue weighted by atomic mass is 19.1. The van der Waals surface area contributed by atoms with Crippen LogP contribution in [0.25, 0.3) is 0 Å². The lowest BCUT2D eigenvalue weighted by Gasteiger charge is -2.31. The molecule has 0 aromatic heterocycles. The SMILES string of the molecule is Cc1cc(F)c2c(c1)CCCN2CC(=O)NCC(=O)O. The number of hydrogen-bond acceptors (Lipinski definition) is 3. The minimum Gasteiger partial charge on any atom is -0.480 e. The molecule has 0 unspecified atom stereocenters. The van der Waals surface area contributed by atoms with E-state index in [-0.39, 0.29) is 12.4 Å². The van der Waals surface area contributed by atoms with Crippen LogP contribution in [0, 0.1) is 12.7 Å². The molecule has 1 heterocycles. The number of rotatable bonds is 4. The number of carboxylic acid groups (broad SMARTS) is 1. The molecule has 0 aliphatic carbocycles. The first-order valence-corrected chi connectivity index (χ1v) is 6.50. The summed E-state index contributed by atoms with van der Waals surface area (Å²) in [4.78, 5) is 23.7. The van der Waals surface area contributed by atoms with E-state index in [9.17, 15) is 14.0 Å². The predicted octanol–water partition coefficient (Wildman–Crippen LogP) is 1.09. The quantitative estimate of drug-likeness (QED) is 0.866. The summed E-state index contributed by atoms with van der Waals surface area (Å²) in [6.07, 6.45) is 1.64. The molecule has 1 amide bonds. The number of nitrogens with zero attached hydrogens (tertiary/aromatic N) is 1. The van der Waals surface area contributed by atoms with Gasteiger partial charge in [-0.05, 0) is 37.0 Å². The molecule has 20 heavy (non-hydrogen) atoms. The first kappa shape index (κ1) is 14.3. The zero-order chi connectivity index (χ0) is 14.7. The van der Waals surface area contributed by atoms with Crippen LogP contribution in [0.2, 0.25) is 0 Å². The van der Waals surface area contributed by atoms with Crippen molar-refractivity contribution in [1.82, 2.24) is 5.32 Å². The van der Waals surface area contributed by atoms with Crippen LogP contribution in [-0.4, -0.2) is 36.6 Å². The van der Waals surface area contributed by atoms with E-state index in [1.165, 1.54) is 6.07 Å². The molecule has 1 aliphatic heterocycles. The molecular formula is C14H17FN2O3. The fourth-order valence-electron chi connectivity index (χ4n) is 2.48. The molecule has 2 rings (SSSR count). The minimum atomic E-state index is -1.10. The van der Waals surface area contributed by atoms with E-state index in [2.05, 4.69) is 5.32 Å². The van der Waals surface area contributed by atoms with Crippen molar-refractivity contribution in [3.8, 4) is 0 Å². The van der Waals surface area contributed by atoms with Crippen LogP contribution in [0.3, 0.4) is 0 Å². The molecule has 6 heteroatoms. The number of hydrogen-bond donors (Lipinski definition) is 2. The van der Waals surface area contributed by atoms with Crippen molar-refractivity contribution in [3.63, 3.8) is 0 Å². The van der Waals surface area contributed by atoms with Gasteiger partial charge >= 0.3 is 5.97 Å². The van der Waals surface area contributed by atoms with E-state index in [1.54, 1.807) is 4.90 Å². The predicted molar refractivity (Wildman–Crippen MR) is 72.3 cm³/mol. The molecule has 1 aromatic carbocycles. The molecule has 2 N–H and O–H groups in total. The molecule has 0 saturated heterocycles. The molecule has 1 aliphatic rings. The van der Waals surface area contributed by atoms with Crippen LogP contribution in [0.15, 0.2) is 12.1 Å². The summed E-state index contributed by atoms with van der Waals surface area (Å²) >= 11 is 0. The topological polar surface area (TPSA) is 69.6 Å². The Kier molecular flexibility index (Phi) is 4.22. The Balaban J connectivity index is 2.12. The van der Waals surface area contributed by atoms with Crippen LogP contribution in [0.5, 0.6) is 0 Å². The third-order valence-electron chi connectivity index (χ3n) is 3.25. The van der Waals surface area contributed by atoms with E-state index in [1.807, 2.05) is 13.0 Å². The lowest BCUT2D eigenvalue weighted by atomic mass is 9.99. The molecule has 5 nitrogen and oxygen atoms in total. The van der Waals surface area contributed by atoms with Crippen molar-refractivity contribution in [2.45, 2.75) is 19.8 Å². The normalized spacial score (nSPS) is 13.8. The van der Waals surface area contributed by atoms with Crippen molar-refractivity contribution < 1.29 is 19.1 Å². The number of halogens is 1. The molecule has 0 atom stereocenters. The lowest BCUT2D eigenvalue weighted by molar-refractivity contribution is -0.137. The van der Waals surface area contributed by atoms with Crippen LogP contribution >= 0.6 is 0 Å². The highest BCUT2D eigenvalue weighted by Crippen LogP contribution is 2.30. The summed E-state index contributed by atoms with van der Waals surface area (Å²) in [5, 5.41) is 10.8. The van der Waals surface area contributed by atoms with Gasteiger partial charge in [0.1, 0.15) is 12.4 Å². The van der Waals surface area contributed by atoms with Gasteiger partial charge in [-0.15, -0.1) is 0 Å². The largest absolute Gasteiger partial charge is 0.480 e.